The van der Waals surface area contributed by atoms with Crippen LogP contribution in [0.25, 0.3) is 5.65 Å². The number of hydrogen-bond donors (Lipinski definition) is 1. The molecule has 2 heterocycles. The quantitative estimate of drug-likeness (QED) is 0.808. The minimum atomic E-state index is -0.340. The third-order valence-electron chi connectivity index (χ3n) is 3.36. The molecule has 0 radical (unpaired) electrons. The van der Waals surface area contributed by atoms with Crippen molar-refractivity contribution in [3.8, 4) is 0 Å². The molecular weight excluding hydrogens is 283 g/mol. The Bertz CT molecular complexity index is 856. The Morgan fingerprint density at radius 2 is 2.05 bits per heavy atom. The Labute approximate surface area is 126 Å². The van der Waals surface area contributed by atoms with E-state index in [9.17, 15) is 9.18 Å². The van der Waals surface area contributed by atoms with Crippen molar-refractivity contribution in [3.63, 3.8) is 0 Å². The lowest BCUT2D eigenvalue weighted by Gasteiger charge is -2.07. The summed E-state index contributed by atoms with van der Waals surface area (Å²) in [6, 6.07) is 9.81. The predicted octanol–water partition coefficient (Wildman–Crippen LogP) is 2.42. The van der Waals surface area contributed by atoms with Crippen LogP contribution in [-0.2, 0) is 6.54 Å². The van der Waals surface area contributed by atoms with Crippen molar-refractivity contribution < 1.29 is 9.18 Å². The van der Waals surface area contributed by atoms with Crippen molar-refractivity contribution in [1.29, 1.82) is 0 Å². The van der Waals surface area contributed by atoms with E-state index in [4.69, 9.17) is 0 Å². The van der Waals surface area contributed by atoms with Gasteiger partial charge in [0.1, 0.15) is 11.5 Å². The summed E-state index contributed by atoms with van der Waals surface area (Å²) in [7, 11) is 0. The largest absolute Gasteiger partial charge is 0.347 e. The van der Waals surface area contributed by atoms with Gasteiger partial charge in [-0.15, -0.1) is 0 Å². The summed E-state index contributed by atoms with van der Waals surface area (Å²) in [5, 5.41) is 6.97. The molecule has 0 saturated carbocycles. The van der Waals surface area contributed by atoms with Gasteiger partial charge < -0.3 is 5.32 Å². The minimum Gasteiger partial charge on any atom is -0.347 e. The highest BCUT2D eigenvalue weighted by Gasteiger charge is 2.12. The molecule has 0 aliphatic carbocycles. The smallest absolute Gasteiger partial charge is 0.270 e. The number of carbonyl (C=O) groups excluding carboxylic acids is 1. The topological polar surface area (TPSA) is 59.3 Å². The first kappa shape index (κ1) is 14.2. The Kier molecular flexibility index (Phi) is 3.58. The third-order valence-corrected chi connectivity index (χ3v) is 3.36. The molecule has 1 N–H and O–H groups in total. The van der Waals surface area contributed by atoms with E-state index in [1.54, 1.807) is 34.8 Å². The van der Waals surface area contributed by atoms with Crippen LogP contribution in [0.5, 0.6) is 0 Å². The summed E-state index contributed by atoms with van der Waals surface area (Å²) in [5.74, 6) is -0.679. The summed E-state index contributed by atoms with van der Waals surface area (Å²) in [5.41, 5.74) is 3.00. The summed E-state index contributed by atoms with van der Waals surface area (Å²) in [6.45, 7) is 3.84. The Balaban J connectivity index is 1.82. The molecule has 0 atom stereocenters. The van der Waals surface area contributed by atoms with Gasteiger partial charge in [-0.1, -0.05) is 18.2 Å². The molecular formula is C16H15FN4O. The fourth-order valence-electron chi connectivity index (χ4n) is 2.26. The molecule has 22 heavy (non-hydrogen) atoms. The van der Waals surface area contributed by atoms with Crippen molar-refractivity contribution in [1.82, 2.24) is 19.9 Å². The lowest BCUT2D eigenvalue weighted by molar-refractivity contribution is 0.0945. The van der Waals surface area contributed by atoms with E-state index in [0.717, 1.165) is 11.4 Å². The number of amides is 1. The lowest BCUT2D eigenvalue weighted by atomic mass is 10.2. The molecule has 2 aromatic heterocycles. The first-order chi connectivity index (χ1) is 10.5. The molecule has 112 valence electrons. The number of aryl methyl sites for hydroxylation is 2. The zero-order valence-corrected chi connectivity index (χ0v) is 12.3. The third kappa shape index (κ3) is 2.67. The Hall–Kier alpha value is -2.76. The van der Waals surface area contributed by atoms with Gasteiger partial charge in [0.05, 0.1) is 5.69 Å². The second kappa shape index (κ2) is 5.55. The molecule has 5 nitrogen and oxygen atoms in total. The van der Waals surface area contributed by atoms with Crippen LogP contribution in [0, 0.1) is 19.7 Å². The number of nitrogens with zero attached hydrogens (tertiary/aromatic N) is 3. The predicted molar refractivity (Wildman–Crippen MR) is 80.0 cm³/mol. The molecule has 1 amide bonds. The number of rotatable bonds is 3. The molecule has 1 aromatic carbocycles. The normalized spacial score (nSPS) is 10.9. The van der Waals surface area contributed by atoms with Crippen LogP contribution < -0.4 is 5.32 Å². The fourth-order valence-corrected chi connectivity index (χ4v) is 2.26. The summed E-state index contributed by atoms with van der Waals surface area (Å²) in [4.78, 5) is 16.5. The zero-order chi connectivity index (χ0) is 15.7. The van der Waals surface area contributed by atoms with Gasteiger partial charge in [0.15, 0.2) is 5.65 Å². The van der Waals surface area contributed by atoms with E-state index in [1.807, 2.05) is 13.8 Å². The van der Waals surface area contributed by atoms with Gasteiger partial charge in [0, 0.05) is 23.9 Å². The molecule has 0 fully saturated rings. The molecule has 0 unspecified atom stereocenters. The van der Waals surface area contributed by atoms with Gasteiger partial charge in [-0.2, -0.15) is 5.10 Å². The zero-order valence-electron chi connectivity index (χ0n) is 12.3. The van der Waals surface area contributed by atoms with E-state index in [-0.39, 0.29) is 18.3 Å². The summed E-state index contributed by atoms with van der Waals surface area (Å²) in [6.07, 6.45) is 0. The Morgan fingerprint density at radius 1 is 1.27 bits per heavy atom. The summed E-state index contributed by atoms with van der Waals surface area (Å²) < 4.78 is 15.2. The van der Waals surface area contributed by atoms with Crippen molar-refractivity contribution in [2.75, 3.05) is 0 Å². The van der Waals surface area contributed by atoms with E-state index < -0.39 is 0 Å². The van der Waals surface area contributed by atoms with Gasteiger partial charge in [0.25, 0.3) is 5.91 Å². The van der Waals surface area contributed by atoms with Gasteiger partial charge in [-0.05, 0) is 26.0 Å². The first-order valence-corrected chi connectivity index (χ1v) is 6.90. The Morgan fingerprint density at radius 3 is 2.82 bits per heavy atom. The maximum Gasteiger partial charge on any atom is 0.270 e. The standard InChI is InChI=1S/C16H15FN4O/c1-10-7-15-19-14(8-11(2)21(15)20-10)16(22)18-9-12-5-3-4-6-13(12)17/h3-8H,9H2,1-2H3,(H,18,22). The summed E-state index contributed by atoms with van der Waals surface area (Å²) >= 11 is 0. The minimum absolute atomic E-state index is 0.121. The van der Waals surface area contributed by atoms with Gasteiger partial charge >= 0.3 is 0 Å². The van der Waals surface area contributed by atoms with Crippen LogP contribution in [0.1, 0.15) is 27.4 Å². The highest BCUT2D eigenvalue weighted by Crippen LogP contribution is 2.10. The number of aromatic nitrogens is 3. The number of fused-ring (bicyclic) bond motifs is 1. The second-order valence-electron chi connectivity index (χ2n) is 5.11. The first-order valence-electron chi connectivity index (χ1n) is 6.90. The highest BCUT2D eigenvalue weighted by atomic mass is 19.1. The van der Waals surface area contributed by atoms with E-state index in [0.29, 0.717) is 16.9 Å². The van der Waals surface area contributed by atoms with E-state index >= 15 is 0 Å². The van der Waals surface area contributed by atoms with Crippen molar-refractivity contribution in [2.24, 2.45) is 0 Å². The maximum atomic E-state index is 13.5. The van der Waals surface area contributed by atoms with Crippen LogP contribution in [-0.4, -0.2) is 20.5 Å². The van der Waals surface area contributed by atoms with Crippen LogP contribution in [0.15, 0.2) is 36.4 Å². The van der Waals surface area contributed by atoms with Gasteiger partial charge in [0.2, 0.25) is 0 Å². The van der Waals surface area contributed by atoms with Crippen molar-refractivity contribution in [2.45, 2.75) is 20.4 Å². The maximum absolute atomic E-state index is 13.5. The SMILES string of the molecule is Cc1cc2nc(C(=O)NCc3ccccc3F)cc(C)n2n1. The number of carbonyl (C=O) groups is 1. The van der Waals surface area contributed by atoms with E-state index in [1.165, 1.54) is 6.07 Å². The number of halogens is 1. The number of nitrogens with one attached hydrogen (secondary N) is 1. The molecule has 0 bridgehead atoms. The fraction of sp³-hybridized carbons (Fsp3) is 0.188. The van der Waals surface area contributed by atoms with Crippen LogP contribution in [0.4, 0.5) is 4.39 Å². The van der Waals surface area contributed by atoms with Crippen LogP contribution in [0.3, 0.4) is 0 Å². The van der Waals surface area contributed by atoms with Gasteiger partial charge in [-0.25, -0.2) is 13.9 Å². The average molecular weight is 298 g/mol. The second-order valence-corrected chi connectivity index (χ2v) is 5.11. The lowest BCUT2D eigenvalue weighted by Crippen LogP contribution is -2.24. The van der Waals surface area contributed by atoms with Crippen LogP contribution in [0.2, 0.25) is 0 Å². The van der Waals surface area contributed by atoms with Gasteiger partial charge in [-0.3, -0.25) is 4.79 Å². The van der Waals surface area contributed by atoms with Crippen molar-refractivity contribution in [3.05, 3.63) is 64.9 Å². The van der Waals surface area contributed by atoms with E-state index in [2.05, 4.69) is 15.4 Å². The number of hydrogen-bond acceptors (Lipinski definition) is 3. The number of benzene rings is 1. The molecule has 0 saturated heterocycles. The molecule has 6 heteroatoms. The van der Waals surface area contributed by atoms with Crippen LogP contribution >= 0.6 is 0 Å². The molecule has 0 aliphatic rings. The monoisotopic (exact) mass is 298 g/mol. The average Bonchev–Trinajstić information content (AvgIpc) is 2.87. The molecule has 3 rings (SSSR count). The van der Waals surface area contributed by atoms with Crippen molar-refractivity contribution >= 4 is 11.6 Å². The molecule has 0 aliphatic heterocycles. The highest BCUT2D eigenvalue weighted by molar-refractivity contribution is 5.92. The molecule has 0 spiro atoms. The molecule has 3 aromatic rings.